The Labute approximate surface area is 140 Å². The zero-order chi connectivity index (χ0) is 17.9. The molecule has 2 rings (SSSR count). The van der Waals surface area contributed by atoms with E-state index >= 15 is 0 Å². The van der Waals surface area contributed by atoms with E-state index in [1.54, 1.807) is 6.92 Å². The van der Waals surface area contributed by atoms with Crippen LogP contribution in [0.3, 0.4) is 0 Å². The molecule has 1 aliphatic heterocycles. The molecule has 0 spiro atoms. The zero-order valence-electron chi connectivity index (χ0n) is 13.7. The molecule has 3 N–H and O–H groups in total. The van der Waals surface area contributed by atoms with Gasteiger partial charge in [-0.05, 0) is 18.1 Å². The molecule has 0 fully saturated rings. The number of carboxylic acid groups (broad SMARTS) is 2. The Morgan fingerprint density at radius 3 is 2.42 bits per heavy atom. The average Bonchev–Trinajstić information content (AvgIpc) is 2.57. The van der Waals surface area contributed by atoms with Gasteiger partial charge in [0, 0.05) is 25.4 Å². The summed E-state index contributed by atoms with van der Waals surface area (Å²) in [7, 11) is 0. The van der Waals surface area contributed by atoms with E-state index in [-0.39, 0.29) is 25.4 Å². The van der Waals surface area contributed by atoms with E-state index in [0.717, 1.165) is 11.1 Å². The Kier molecular flexibility index (Phi) is 5.56. The molecule has 1 aliphatic rings. The third kappa shape index (κ3) is 3.91. The Bertz CT molecular complexity index is 646. The maximum atomic E-state index is 12.7. The lowest BCUT2D eigenvalue weighted by molar-refractivity contribution is -0.153. The molecule has 1 unspecified atom stereocenters. The van der Waals surface area contributed by atoms with Gasteiger partial charge >= 0.3 is 11.9 Å². The van der Waals surface area contributed by atoms with Crippen LogP contribution < -0.4 is 5.32 Å². The van der Waals surface area contributed by atoms with Crippen molar-refractivity contribution < 1.29 is 24.6 Å². The first-order valence-electron chi connectivity index (χ1n) is 7.87. The minimum Gasteiger partial charge on any atom is -0.480 e. The molecule has 1 aromatic rings. The highest BCUT2D eigenvalue weighted by Gasteiger charge is 2.36. The van der Waals surface area contributed by atoms with Crippen molar-refractivity contribution in [1.82, 2.24) is 10.2 Å². The molecular weight excluding hydrogens is 312 g/mol. The molecule has 0 saturated heterocycles. The lowest BCUT2D eigenvalue weighted by atomic mass is 9.92. The number of carbonyl (C=O) groups is 3. The fourth-order valence-corrected chi connectivity index (χ4v) is 2.79. The standard InChI is InChI=1S/C17H22N2O5/c1-10(8-18-11(2)16(21)22)15(20)19-9-13-6-4-3-5-12(13)7-14(19)17(23)24/h3-6,10-11,14,18H,7-9H2,1-2H3,(H,21,22)(H,23,24)/t10-,11?,14-/m0/s1. The number of carbonyl (C=O) groups excluding carboxylic acids is 1. The minimum atomic E-state index is -1.03. The van der Waals surface area contributed by atoms with E-state index < -0.39 is 29.9 Å². The van der Waals surface area contributed by atoms with Gasteiger partial charge in [-0.25, -0.2) is 4.79 Å². The summed E-state index contributed by atoms with van der Waals surface area (Å²) < 4.78 is 0. The number of amides is 1. The minimum absolute atomic E-state index is 0.177. The van der Waals surface area contributed by atoms with Crippen LogP contribution in [0, 0.1) is 5.92 Å². The number of nitrogens with one attached hydrogen (secondary N) is 1. The van der Waals surface area contributed by atoms with Crippen LogP contribution >= 0.6 is 0 Å². The highest BCUT2D eigenvalue weighted by Crippen LogP contribution is 2.25. The second kappa shape index (κ2) is 7.44. The SMILES string of the molecule is CC(NC[C@H](C)C(=O)N1Cc2ccccc2C[C@H]1C(=O)O)C(=O)O. The number of rotatable bonds is 6. The Balaban J connectivity index is 2.11. The summed E-state index contributed by atoms with van der Waals surface area (Å²) in [5.41, 5.74) is 1.89. The van der Waals surface area contributed by atoms with Crippen molar-refractivity contribution in [1.29, 1.82) is 0 Å². The lowest BCUT2D eigenvalue weighted by Gasteiger charge is -2.36. The van der Waals surface area contributed by atoms with E-state index in [9.17, 15) is 19.5 Å². The average molecular weight is 334 g/mol. The molecule has 0 aliphatic carbocycles. The summed E-state index contributed by atoms with van der Waals surface area (Å²) in [5.74, 6) is -2.83. The molecule has 0 aromatic heterocycles. The quantitative estimate of drug-likeness (QED) is 0.708. The van der Waals surface area contributed by atoms with Crippen LogP contribution in [-0.2, 0) is 27.3 Å². The summed E-state index contributed by atoms with van der Waals surface area (Å²) in [5, 5.41) is 21.1. The third-order valence-electron chi connectivity index (χ3n) is 4.34. The van der Waals surface area contributed by atoms with Crippen molar-refractivity contribution in [2.24, 2.45) is 5.92 Å². The smallest absolute Gasteiger partial charge is 0.326 e. The number of aliphatic carboxylic acids is 2. The Hall–Kier alpha value is -2.41. The van der Waals surface area contributed by atoms with Crippen molar-refractivity contribution in [2.45, 2.75) is 38.9 Å². The molecule has 1 heterocycles. The molecule has 24 heavy (non-hydrogen) atoms. The first-order valence-corrected chi connectivity index (χ1v) is 7.87. The largest absolute Gasteiger partial charge is 0.480 e. The van der Waals surface area contributed by atoms with Crippen molar-refractivity contribution in [2.75, 3.05) is 6.54 Å². The normalized spacial score (nSPS) is 19.2. The van der Waals surface area contributed by atoms with Crippen LogP contribution in [0.25, 0.3) is 0 Å². The van der Waals surface area contributed by atoms with Gasteiger partial charge in [0.15, 0.2) is 0 Å². The maximum Gasteiger partial charge on any atom is 0.326 e. The lowest BCUT2D eigenvalue weighted by Crippen LogP contribution is -2.52. The molecule has 0 saturated carbocycles. The number of nitrogens with zero attached hydrogens (tertiary/aromatic N) is 1. The van der Waals surface area contributed by atoms with Gasteiger partial charge in [0.25, 0.3) is 0 Å². The molecular formula is C17H22N2O5. The van der Waals surface area contributed by atoms with Gasteiger partial charge in [0.05, 0.1) is 0 Å². The summed E-state index contributed by atoms with van der Waals surface area (Å²) in [4.78, 5) is 36.5. The van der Waals surface area contributed by atoms with Gasteiger partial charge in [-0.1, -0.05) is 31.2 Å². The molecule has 0 radical (unpaired) electrons. The van der Waals surface area contributed by atoms with Crippen molar-refractivity contribution in [3.8, 4) is 0 Å². The first kappa shape index (κ1) is 17.9. The predicted molar refractivity (Wildman–Crippen MR) is 86.4 cm³/mol. The number of hydrogen-bond donors (Lipinski definition) is 3. The fourth-order valence-electron chi connectivity index (χ4n) is 2.79. The van der Waals surface area contributed by atoms with Crippen LogP contribution in [0.1, 0.15) is 25.0 Å². The second-order valence-corrected chi connectivity index (χ2v) is 6.16. The zero-order valence-corrected chi connectivity index (χ0v) is 13.7. The van der Waals surface area contributed by atoms with E-state index in [1.165, 1.54) is 11.8 Å². The summed E-state index contributed by atoms with van der Waals surface area (Å²) >= 11 is 0. The van der Waals surface area contributed by atoms with Crippen molar-refractivity contribution in [3.05, 3.63) is 35.4 Å². The van der Waals surface area contributed by atoms with E-state index in [2.05, 4.69) is 5.32 Å². The van der Waals surface area contributed by atoms with E-state index in [0.29, 0.717) is 0 Å². The molecule has 1 aromatic carbocycles. The number of fused-ring (bicyclic) bond motifs is 1. The van der Waals surface area contributed by atoms with Crippen LogP contribution in [0.2, 0.25) is 0 Å². The summed E-state index contributed by atoms with van der Waals surface area (Å²) in [6.45, 7) is 3.60. The maximum absolute atomic E-state index is 12.7. The van der Waals surface area contributed by atoms with Gasteiger partial charge in [-0.3, -0.25) is 9.59 Å². The molecule has 3 atom stereocenters. The van der Waals surface area contributed by atoms with Crippen LogP contribution in [-0.4, -0.2) is 51.6 Å². The first-order chi connectivity index (χ1) is 11.3. The van der Waals surface area contributed by atoms with E-state index in [4.69, 9.17) is 5.11 Å². The van der Waals surface area contributed by atoms with Gasteiger partial charge in [-0.15, -0.1) is 0 Å². The topological polar surface area (TPSA) is 107 Å². The van der Waals surface area contributed by atoms with Gasteiger partial charge in [-0.2, -0.15) is 0 Å². The third-order valence-corrected chi connectivity index (χ3v) is 4.34. The molecule has 130 valence electrons. The van der Waals surface area contributed by atoms with E-state index in [1.807, 2.05) is 24.3 Å². The monoisotopic (exact) mass is 334 g/mol. The fraction of sp³-hybridized carbons (Fsp3) is 0.471. The molecule has 0 bridgehead atoms. The van der Waals surface area contributed by atoms with Crippen LogP contribution in [0.15, 0.2) is 24.3 Å². The molecule has 1 amide bonds. The predicted octanol–water partition coefficient (Wildman–Crippen LogP) is 0.723. The van der Waals surface area contributed by atoms with Crippen molar-refractivity contribution in [3.63, 3.8) is 0 Å². The Morgan fingerprint density at radius 2 is 1.83 bits per heavy atom. The van der Waals surface area contributed by atoms with Gasteiger partial charge < -0.3 is 20.4 Å². The van der Waals surface area contributed by atoms with Crippen LogP contribution in [0.5, 0.6) is 0 Å². The summed E-state index contributed by atoms with van der Waals surface area (Å²) in [6, 6.07) is 5.83. The van der Waals surface area contributed by atoms with Crippen LogP contribution in [0.4, 0.5) is 0 Å². The Morgan fingerprint density at radius 1 is 1.21 bits per heavy atom. The highest BCUT2D eigenvalue weighted by atomic mass is 16.4. The molecule has 7 heteroatoms. The number of benzene rings is 1. The van der Waals surface area contributed by atoms with Crippen molar-refractivity contribution >= 4 is 17.8 Å². The number of hydrogen-bond acceptors (Lipinski definition) is 4. The van der Waals surface area contributed by atoms with Gasteiger partial charge in [0.1, 0.15) is 12.1 Å². The summed E-state index contributed by atoms with van der Waals surface area (Å²) in [6.07, 6.45) is 0.281. The molecule has 7 nitrogen and oxygen atoms in total. The van der Waals surface area contributed by atoms with Gasteiger partial charge in [0.2, 0.25) is 5.91 Å². The number of carboxylic acids is 2. The highest BCUT2D eigenvalue weighted by molar-refractivity contribution is 5.86. The second-order valence-electron chi connectivity index (χ2n) is 6.16.